The third-order valence-electron chi connectivity index (χ3n) is 4.29. The fraction of sp³-hybridized carbons (Fsp3) is 0.421. The molecular weight excluding hydrogens is 314 g/mol. The second kappa shape index (κ2) is 7.51. The first kappa shape index (κ1) is 17.2. The van der Waals surface area contributed by atoms with Crippen LogP contribution in [0.4, 0.5) is 0 Å². The van der Waals surface area contributed by atoms with E-state index in [1.807, 2.05) is 35.8 Å². The SMILES string of the molecule is CC(C)CC[C@H](C)NC(=O)c1cc(Cn2cnc3ccccc32)[nH]n1. The van der Waals surface area contributed by atoms with Crippen LogP contribution in [0.15, 0.2) is 36.7 Å². The second-order valence-corrected chi connectivity index (χ2v) is 6.99. The zero-order valence-electron chi connectivity index (χ0n) is 15.0. The minimum atomic E-state index is -0.130. The number of carbonyl (C=O) groups is 1. The van der Waals surface area contributed by atoms with Crippen molar-refractivity contribution in [2.45, 2.75) is 46.2 Å². The van der Waals surface area contributed by atoms with Crippen molar-refractivity contribution in [1.82, 2.24) is 25.1 Å². The van der Waals surface area contributed by atoms with E-state index in [1.54, 1.807) is 12.4 Å². The zero-order valence-corrected chi connectivity index (χ0v) is 15.0. The molecule has 0 aliphatic carbocycles. The van der Waals surface area contributed by atoms with Gasteiger partial charge in [-0.25, -0.2) is 4.98 Å². The lowest BCUT2D eigenvalue weighted by Crippen LogP contribution is -2.33. The van der Waals surface area contributed by atoms with E-state index in [2.05, 4.69) is 34.3 Å². The van der Waals surface area contributed by atoms with Crippen molar-refractivity contribution in [1.29, 1.82) is 0 Å². The number of hydrogen-bond donors (Lipinski definition) is 2. The maximum Gasteiger partial charge on any atom is 0.271 e. The number of amides is 1. The van der Waals surface area contributed by atoms with Gasteiger partial charge in [0.1, 0.15) is 5.69 Å². The van der Waals surface area contributed by atoms with Crippen molar-refractivity contribution in [3.8, 4) is 0 Å². The highest BCUT2D eigenvalue weighted by atomic mass is 16.2. The molecule has 2 N–H and O–H groups in total. The predicted molar refractivity (Wildman–Crippen MR) is 98.4 cm³/mol. The number of aromatic amines is 1. The minimum absolute atomic E-state index is 0.130. The van der Waals surface area contributed by atoms with Gasteiger partial charge >= 0.3 is 0 Å². The first-order valence-electron chi connectivity index (χ1n) is 8.78. The van der Waals surface area contributed by atoms with Gasteiger partial charge in [0.15, 0.2) is 0 Å². The third kappa shape index (κ3) is 4.26. The van der Waals surface area contributed by atoms with Crippen molar-refractivity contribution < 1.29 is 4.79 Å². The summed E-state index contributed by atoms with van der Waals surface area (Å²) in [6, 6.07) is 9.93. The number of rotatable bonds is 7. The monoisotopic (exact) mass is 339 g/mol. The second-order valence-electron chi connectivity index (χ2n) is 6.99. The van der Waals surface area contributed by atoms with Crippen LogP contribution in [0.5, 0.6) is 0 Å². The van der Waals surface area contributed by atoms with Crippen LogP contribution in [0, 0.1) is 5.92 Å². The zero-order chi connectivity index (χ0) is 17.8. The lowest BCUT2D eigenvalue weighted by atomic mass is 10.0. The van der Waals surface area contributed by atoms with E-state index in [4.69, 9.17) is 0 Å². The molecule has 132 valence electrons. The van der Waals surface area contributed by atoms with Gasteiger partial charge in [0.2, 0.25) is 0 Å². The molecule has 0 radical (unpaired) electrons. The number of nitrogens with one attached hydrogen (secondary N) is 2. The Morgan fingerprint density at radius 2 is 2.04 bits per heavy atom. The minimum Gasteiger partial charge on any atom is -0.348 e. The molecular formula is C19H25N5O. The fourth-order valence-electron chi connectivity index (χ4n) is 2.83. The summed E-state index contributed by atoms with van der Waals surface area (Å²) in [5.41, 5.74) is 3.32. The molecule has 0 unspecified atom stereocenters. The van der Waals surface area contributed by atoms with Crippen LogP contribution in [0.1, 0.15) is 49.8 Å². The van der Waals surface area contributed by atoms with Gasteiger partial charge in [0.25, 0.3) is 5.91 Å². The van der Waals surface area contributed by atoms with Crippen molar-refractivity contribution in [2.75, 3.05) is 0 Å². The molecule has 1 amide bonds. The van der Waals surface area contributed by atoms with E-state index in [-0.39, 0.29) is 11.9 Å². The van der Waals surface area contributed by atoms with Gasteiger partial charge in [-0.15, -0.1) is 0 Å². The van der Waals surface area contributed by atoms with Crippen LogP contribution in [-0.4, -0.2) is 31.7 Å². The average Bonchev–Trinajstić information content (AvgIpc) is 3.21. The van der Waals surface area contributed by atoms with Crippen LogP contribution in [0.3, 0.4) is 0 Å². The highest BCUT2D eigenvalue weighted by molar-refractivity contribution is 5.92. The Kier molecular flexibility index (Phi) is 5.16. The summed E-state index contributed by atoms with van der Waals surface area (Å²) < 4.78 is 2.04. The molecule has 6 heteroatoms. The Balaban J connectivity index is 1.63. The summed E-state index contributed by atoms with van der Waals surface area (Å²) in [4.78, 5) is 16.7. The van der Waals surface area contributed by atoms with E-state index in [0.29, 0.717) is 18.2 Å². The van der Waals surface area contributed by atoms with Crippen molar-refractivity contribution in [3.05, 3.63) is 48.0 Å². The molecule has 0 spiro atoms. The molecule has 3 aromatic rings. The van der Waals surface area contributed by atoms with Gasteiger partial charge in [0, 0.05) is 6.04 Å². The van der Waals surface area contributed by atoms with Gasteiger partial charge in [-0.2, -0.15) is 5.10 Å². The van der Waals surface area contributed by atoms with E-state index < -0.39 is 0 Å². The Labute approximate surface area is 147 Å². The number of nitrogens with zero attached hydrogens (tertiary/aromatic N) is 3. The number of para-hydroxylation sites is 2. The van der Waals surface area contributed by atoms with Crippen LogP contribution in [-0.2, 0) is 6.54 Å². The topological polar surface area (TPSA) is 75.6 Å². The Hall–Kier alpha value is -2.63. The molecule has 25 heavy (non-hydrogen) atoms. The maximum atomic E-state index is 12.3. The highest BCUT2D eigenvalue weighted by Gasteiger charge is 2.14. The summed E-state index contributed by atoms with van der Waals surface area (Å²) >= 11 is 0. The highest BCUT2D eigenvalue weighted by Crippen LogP contribution is 2.14. The van der Waals surface area contributed by atoms with Crippen molar-refractivity contribution >= 4 is 16.9 Å². The van der Waals surface area contributed by atoms with Gasteiger partial charge in [-0.1, -0.05) is 26.0 Å². The number of H-pyrrole nitrogens is 1. The number of imidazole rings is 1. The van der Waals surface area contributed by atoms with Crippen LogP contribution in [0.25, 0.3) is 11.0 Å². The van der Waals surface area contributed by atoms with Gasteiger partial charge in [-0.05, 0) is 43.9 Å². The van der Waals surface area contributed by atoms with Crippen LogP contribution < -0.4 is 5.32 Å². The largest absolute Gasteiger partial charge is 0.348 e. The van der Waals surface area contributed by atoms with E-state index >= 15 is 0 Å². The molecule has 0 fully saturated rings. The molecule has 0 aliphatic heterocycles. The normalized spacial score (nSPS) is 12.6. The molecule has 6 nitrogen and oxygen atoms in total. The Bertz CT molecular complexity index is 848. The first-order valence-corrected chi connectivity index (χ1v) is 8.78. The number of fused-ring (bicyclic) bond motifs is 1. The number of carbonyl (C=O) groups excluding carboxylic acids is 1. The number of hydrogen-bond acceptors (Lipinski definition) is 3. The Morgan fingerprint density at radius 3 is 2.84 bits per heavy atom. The van der Waals surface area contributed by atoms with Crippen molar-refractivity contribution in [2.24, 2.45) is 5.92 Å². The summed E-state index contributed by atoms with van der Waals surface area (Å²) in [6.07, 6.45) is 3.88. The maximum absolute atomic E-state index is 12.3. The quantitative estimate of drug-likeness (QED) is 0.693. The third-order valence-corrected chi connectivity index (χ3v) is 4.29. The average molecular weight is 339 g/mol. The van der Waals surface area contributed by atoms with Crippen LogP contribution in [0.2, 0.25) is 0 Å². The summed E-state index contributed by atoms with van der Waals surface area (Å²) in [5, 5.41) is 10.1. The lowest BCUT2D eigenvalue weighted by molar-refractivity contribution is 0.0932. The molecule has 0 bridgehead atoms. The first-order chi connectivity index (χ1) is 12.0. The van der Waals surface area contributed by atoms with Crippen molar-refractivity contribution in [3.63, 3.8) is 0 Å². The lowest BCUT2D eigenvalue weighted by Gasteiger charge is -2.14. The van der Waals surface area contributed by atoms with Gasteiger partial charge < -0.3 is 9.88 Å². The molecule has 0 aliphatic rings. The molecule has 3 rings (SSSR count). The molecule has 2 heterocycles. The number of benzene rings is 1. The van der Waals surface area contributed by atoms with E-state index in [1.165, 1.54) is 0 Å². The summed E-state index contributed by atoms with van der Waals surface area (Å²) in [6.45, 7) is 7.01. The smallest absolute Gasteiger partial charge is 0.271 e. The fourth-order valence-corrected chi connectivity index (χ4v) is 2.83. The molecule has 1 aromatic carbocycles. The van der Waals surface area contributed by atoms with Gasteiger partial charge in [0.05, 0.1) is 29.6 Å². The van der Waals surface area contributed by atoms with Gasteiger partial charge in [-0.3, -0.25) is 9.89 Å². The predicted octanol–water partition coefficient (Wildman–Crippen LogP) is 3.36. The summed E-state index contributed by atoms with van der Waals surface area (Å²) in [5.74, 6) is 0.510. The van der Waals surface area contributed by atoms with E-state index in [0.717, 1.165) is 29.6 Å². The molecule has 1 atom stereocenters. The molecule has 0 saturated heterocycles. The van der Waals surface area contributed by atoms with Crippen LogP contribution >= 0.6 is 0 Å². The molecule has 0 saturated carbocycles. The van der Waals surface area contributed by atoms with E-state index in [9.17, 15) is 4.79 Å². The summed E-state index contributed by atoms with van der Waals surface area (Å²) in [7, 11) is 0. The Morgan fingerprint density at radius 1 is 1.24 bits per heavy atom. The number of aromatic nitrogens is 4. The molecule has 2 aromatic heterocycles. The standard InChI is InChI=1S/C19H25N5O/c1-13(2)8-9-14(3)21-19(25)17-10-15(22-23-17)11-24-12-20-16-6-4-5-7-18(16)24/h4-7,10,12-14H,8-9,11H2,1-3H3,(H,21,25)(H,22,23)/t14-/m0/s1.